The average molecular weight is 258 g/mol. The highest BCUT2D eigenvalue weighted by Crippen LogP contribution is 2.24. The second-order valence-electron chi connectivity index (χ2n) is 1.88. The minimum Gasteiger partial charge on any atom is -0.284 e. The molecule has 0 fully saturated rings. The molecule has 14 heavy (non-hydrogen) atoms. The van der Waals surface area contributed by atoms with Crippen molar-refractivity contribution in [1.82, 2.24) is 0 Å². The Kier molecular flexibility index (Phi) is 5.70. The lowest BCUT2D eigenvalue weighted by Gasteiger charge is -2.14. The molecular formula is C3H5F3O6S2. The van der Waals surface area contributed by atoms with Crippen molar-refractivity contribution in [3.05, 3.63) is 0 Å². The summed E-state index contributed by atoms with van der Waals surface area (Å²) in [6, 6.07) is 0. The molecule has 2 N–H and O–H groups in total. The highest BCUT2D eigenvalue weighted by atomic mass is 32.2. The monoisotopic (exact) mass is 258 g/mol. The Morgan fingerprint density at radius 1 is 1.14 bits per heavy atom. The van der Waals surface area contributed by atoms with Crippen molar-refractivity contribution in [2.75, 3.05) is 0 Å². The molecule has 86 valence electrons. The molecule has 0 aliphatic rings. The van der Waals surface area contributed by atoms with E-state index in [4.69, 9.17) is 9.11 Å². The molecule has 0 aromatic heterocycles. The maximum atomic E-state index is 11.7. The second-order valence-corrected chi connectivity index (χ2v) is 3.13. The van der Waals surface area contributed by atoms with Crippen LogP contribution in [0, 0.1) is 0 Å². The fourth-order valence-corrected chi connectivity index (χ4v) is 1.09. The van der Waals surface area contributed by atoms with Crippen molar-refractivity contribution in [1.29, 1.82) is 0 Å². The molecule has 0 radical (unpaired) electrons. The highest BCUT2D eigenvalue weighted by molar-refractivity contribution is 7.74. The summed E-state index contributed by atoms with van der Waals surface area (Å²) in [5.41, 5.74) is 0. The minimum atomic E-state index is -4.75. The lowest BCUT2D eigenvalue weighted by Crippen LogP contribution is -2.26. The average Bonchev–Trinajstić information content (AvgIpc) is 1.77. The van der Waals surface area contributed by atoms with Crippen LogP contribution in [0.3, 0.4) is 0 Å². The molecule has 0 aliphatic carbocycles. The first-order chi connectivity index (χ1) is 6.20. The van der Waals surface area contributed by atoms with E-state index in [-0.39, 0.29) is 0 Å². The van der Waals surface area contributed by atoms with Crippen LogP contribution in [0.1, 0.15) is 6.42 Å². The Labute approximate surface area is 81.4 Å². The van der Waals surface area contributed by atoms with Gasteiger partial charge in [0.25, 0.3) is 0 Å². The van der Waals surface area contributed by atoms with E-state index < -0.39 is 41.6 Å². The molecule has 0 rings (SSSR count). The quantitative estimate of drug-likeness (QED) is 0.553. The molecule has 0 aromatic rings. The van der Waals surface area contributed by atoms with Crippen LogP contribution in [-0.2, 0) is 31.1 Å². The van der Waals surface area contributed by atoms with E-state index in [0.29, 0.717) is 0 Å². The molecule has 2 atom stereocenters. The van der Waals surface area contributed by atoms with Crippen molar-refractivity contribution in [3.63, 3.8) is 0 Å². The van der Waals surface area contributed by atoms with Gasteiger partial charge in [-0.2, -0.15) is 21.6 Å². The van der Waals surface area contributed by atoms with Crippen LogP contribution in [0.15, 0.2) is 0 Å². The Morgan fingerprint density at radius 3 is 1.71 bits per heavy atom. The van der Waals surface area contributed by atoms with Crippen LogP contribution in [0.25, 0.3) is 0 Å². The van der Waals surface area contributed by atoms with E-state index in [2.05, 4.69) is 8.37 Å². The van der Waals surface area contributed by atoms with Gasteiger partial charge in [0, 0.05) is 0 Å². The van der Waals surface area contributed by atoms with Gasteiger partial charge in [0.05, 0.1) is 6.42 Å². The molecule has 11 heteroatoms. The van der Waals surface area contributed by atoms with Crippen LogP contribution in [-0.4, -0.2) is 30.0 Å². The fraction of sp³-hybridized carbons (Fsp3) is 1.00. The summed E-state index contributed by atoms with van der Waals surface area (Å²) < 4.78 is 78.4. The summed E-state index contributed by atoms with van der Waals surface area (Å²) >= 11 is -6.03. The van der Waals surface area contributed by atoms with Crippen LogP contribution in [0.2, 0.25) is 0 Å². The maximum absolute atomic E-state index is 11.7. The second kappa shape index (κ2) is 5.72. The smallest absolute Gasteiger partial charge is 0.284 e. The lowest BCUT2D eigenvalue weighted by molar-refractivity contribution is -0.173. The van der Waals surface area contributed by atoms with Gasteiger partial charge >= 0.3 is 28.9 Å². The van der Waals surface area contributed by atoms with Gasteiger partial charge in [-0.05, 0) is 0 Å². The van der Waals surface area contributed by atoms with E-state index in [1.807, 2.05) is 0 Å². The van der Waals surface area contributed by atoms with Crippen molar-refractivity contribution < 1.29 is 39.1 Å². The van der Waals surface area contributed by atoms with Gasteiger partial charge in [0.2, 0.25) is 6.29 Å². The summed E-state index contributed by atoms with van der Waals surface area (Å²) in [5, 5.41) is 0. The third-order valence-corrected chi connectivity index (χ3v) is 1.54. The zero-order valence-corrected chi connectivity index (χ0v) is 7.90. The van der Waals surface area contributed by atoms with Crippen LogP contribution < -0.4 is 0 Å². The molecule has 0 heterocycles. The van der Waals surface area contributed by atoms with Gasteiger partial charge in [0.15, 0.2) is 0 Å². The first-order valence-electron chi connectivity index (χ1n) is 2.83. The van der Waals surface area contributed by atoms with Gasteiger partial charge in [-0.15, -0.1) is 0 Å². The van der Waals surface area contributed by atoms with Crippen molar-refractivity contribution in [2.45, 2.75) is 18.9 Å². The molecule has 0 saturated carbocycles. The van der Waals surface area contributed by atoms with Gasteiger partial charge in [-0.3, -0.25) is 9.11 Å². The van der Waals surface area contributed by atoms with E-state index in [9.17, 15) is 21.6 Å². The van der Waals surface area contributed by atoms with Crippen molar-refractivity contribution in [2.24, 2.45) is 0 Å². The summed E-state index contributed by atoms with van der Waals surface area (Å²) in [7, 11) is 0. The van der Waals surface area contributed by atoms with Crippen LogP contribution in [0.5, 0.6) is 0 Å². The van der Waals surface area contributed by atoms with Gasteiger partial charge in [-0.25, -0.2) is 8.37 Å². The first kappa shape index (κ1) is 13.9. The van der Waals surface area contributed by atoms with E-state index >= 15 is 0 Å². The molecular weight excluding hydrogens is 253 g/mol. The molecule has 0 saturated heterocycles. The lowest BCUT2D eigenvalue weighted by atomic mass is 10.4. The van der Waals surface area contributed by atoms with E-state index in [1.54, 1.807) is 0 Å². The zero-order valence-electron chi connectivity index (χ0n) is 6.26. The van der Waals surface area contributed by atoms with Crippen molar-refractivity contribution in [3.8, 4) is 0 Å². The highest BCUT2D eigenvalue weighted by Gasteiger charge is 2.35. The molecule has 0 aromatic carbocycles. The molecule has 0 aliphatic heterocycles. The van der Waals surface area contributed by atoms with Gasteiger partial charge < -0.3 is 0 Å². The standard InChI is InChI=1S/C3H5F3O6S2/c4-3(5,6)1-2(11-13(7)8)12-14(9)10/h2H,1H2,(H,7,8)(H,9,10). The number of hydrogen-bond donors (Lipinski definition) is 2. The fourth-order valence-electron chi connectivity index (χ4n) is 0.457. The normalized spacial score (nSPS) is 18.9. The molecule has 0 amide bonds. The summed E-state index contributed by atoms with van der Waals surface area (Å²) in [5.74, 6) is 0. The van der Waals surface area contributed by atoms with E-state index in [0.717, 1.165) is 0 Å². The predicted molar refractivity (Wildman–Crippen MR) is 38.2 cm³/mol. The number of rotatable bonds is 5. The zero-order chi connectivity index (χ0) is 11.4. The molecule has 0 spiro atoms. The number of halogens is 3. The molecule has 6 nitrogen and oxygen atoms in total. The maximum Gasteiger partial charge on any atom is 0.394 e. The third-order valence-electron chi connectivity index (χ3n) is 0.777. The summed E-state index contributed by atoms with van der Waals surface area (Å²) in [6.45, 7) is 0. The Morgan fingerprint density at radius 2 is 1.50 bits per heavy atom. The third kappa shape index (κ3) is 8.52. The summed E-state index contributed by atoms with van der Waals surface area (Å²) in [4.78, 5) is 0. The van der Waals surface area contributed by atoms with Crippen LogP contribution >= 0.6 is 0 Å². The number of alkyl halides is 3. The van der Waals surface area contributed by atoms with E-state index in [1.165, 1.54) is 0 Å². The predicted octanol–water partition coefficient (Wildman–Crippen LogP) is 0.572. The SMILES string of the molecule is O=S(O)OC(CC(F)(F)F)OS(=O)O. The minimum absolute atomic E-state index is 1.77. The number of hydrogen-bond acceptors (Lipinski definition) is 4. The largest absolute Gasteiger partial charge is 0.394 e. The summed E-state index contributed by atoms with van der Waals surface area (Å²) in [6.07, 6.45) is -8.82. The topological polar surface area (TPSA) is 93.1 Å². The molecule has 2 unspecified atom stereocenters. The molecule has 0 bridgehead atoms. The van der Waals surface area contributed by atoms with Gasteiger partial charge in [0.1, 0.15) is 0 Å². The first-order valence-corrected chi connectivity index (χ1v) is 4.90. The van der Waals surface area contributed by atoms with Gasteiger partial charge in [-0.1, -0.05) is 0 Å². The Balaban J connectivity index is 4.24. The Hall–Kier alpha value is -0.0700. The van der Waals surface area contributed by atoms with Crippen molar-refractivity contribution >= 4 is 22.7 Å². The Bertz CT molecular complexity index is 213. The van der Waals surface area contributed by atoms with Crippen LogP contribution in [0.4, 0.5) is 13.2 Å².